The summed E-state index contributed by atoms with van der Waals surface area (Å²) in [5, 5.41) is 11.4. The second-order valence-corrected chi connectivity index (χ2v) is 3.89. The number of nitrogens with one attached hydrogen (secondary N) is 1. The summed E-state index contributed by atoms with van der Waals surface area (Å²) < 4.78 is 5.51. The lowest BCUT2D eigenvalue weighted by atomic mass is 10.1. The zero-order valence-electron chi connectivity index (χ0n) is 8.50. The monoisotopic (exact) mass is 202 g/mol. The Morgan fingerprint density at radius 1 is 1.47 bits per heavy atom. The molecule has 0 atom stereocenters. The van der Waals surface area contributed by atoms with E-state index in [-0.39, 0.29) is 5.91 Å². The van der Waals surface area contributed by atoms with Crippen molar-refractivity contribution in [3.63, 3.8) is 0 Å². The van der Waals surface area contributed by atoms with Crippen LogP contribution >= 0.6 is 0 Å². The minimum atomic E-state index is -0.860. The number of amides is 1. The topological polar surface area (TPSA) is 62.1 Å². The van der Waals surface area contributed by atoms with Crippen molar-refractivity contribution in [2.45, 2.75) is 19.4 Å². The zero-order valence-corrected chi connectivity index (χ0v) is 8.50. The summed E-state index contributed by atoms with van der Waals surface area (Å²) in [5.74, 6) is 0.392. The molecule has 1 N–H and O–H groups in total. The Balaban J connectivity index is 2.46. The average molecular weight is 202 g/mol. The van der Waals surface area contributed by atoms with Crippen molar-refractivity contribution in [2.75, 3.05) is 5.32 Å². The van der Waals surface area contributed by atoms with Gasteiger partial charge in [-0.25, -0.2) is 0 Å². The maximum atomic E-state index is 11.6. The van der Waals surface area contributed by atoms with Crippen molar-refractivity contribution in [2.24, 2.45) is 0 Å². The Morgan fingerprint density at radius 2 is 2.20 bits per heavy atom. The van der Waals surface area contributed by atoms with E-state index in [0.29, 0.717) is 17.0 Å². The van der Waals surface area contributed by atoms with Gasteiger partial charge in [-0.2, -0.15) is 5.26 Å². The van der Waals surface area contributed by atoms with E-state index in [9.17, 15) is 4.79 Å². The van der Waals surface area contributed by atoms with E-state index in [2.05, 4.69) is 5.32 Å². The normalized spacial score (nSPS) is 17.0. The van der Waals surface area contributed by atoms with E-state index in [1.54, 1.807) is 32.0 Å². The Kier molecular flexibility index (Phi) is 1.90. The van der Waals surface area contributed by atoms with E-state index >= 15 is 0 Å². The molecule has 0 saturated carbocycles. The van der Waals surface area contributed by atoms with Crippen molar-refractivity contribution in [3.8, 4) is 11.8 Å². The van der Waals surface area contributed by atoms with Crippen LogP contribution in [-0.4, -0.2) is 11.5 Å². The molecule has 0 saturated heterocycles. The van der Waals surface area contributed by atoms with E-state index in [0.717, 1.165) is 0 Å². The molecule has 1 aliphatic rings. The summed E-state index contributed by atoms with van der Waals surface area (Å²) in [4.78, 5) is 11.6. The fraction of sp³-hybridized carbons (Fsp3) is 0.273. The maximum Gasteiger partial charge on any atom is 0.268 e. The van der Waals surface area contributed by atoms with Crippen LogP contribution in [0.1, 0.15) is 19.4 Å². The Hall–Kier alpha value is -2.02. The molecule has 76 valence electrons. The molecule has 4 heteroatoms. The van der Waals surface area contributed by atoms with Crippen LogP contribution in [0.5, 0.6) is 5.75 Å². The molecule has 0 bridgehead atoms. The van der Waals surface area contributed by atoms with Gasteiger partial charge in [0.1, 0.15) is 5.75 Å². The van der Waals surface area contributed by atoms with Crippen molar-refractivity contribution in [1.82, 2.24) is 0 Å². The lowest BCUT2D eigenvalue weighted by Gasteiger charge is -2.31. The van der Waals surface area contributed by atoms with E-state index < -0.39 is 5.60 Å². The summed E-state index contributed by atoms with van der Waals surface area (Å²) in [5.41, 5.74) is 0.192. The molecule has 1 aliphatic heterocycles. The number of carbonyl (C=O) groups excluding carboxylic acids is 1. The number of nitrogens with zero attached hydrogens (tertiary/aromatic N) is 1. The molecule has 15 heavy (non-hydrogen) atoms. The number of benzene rings is 1. The molecule has 4 nitrogen and oxygen atoms in total. The number of hydrogen-bond acceptors (Lipinski definition) is 3. The molecule has 1 heterocycles. The molecule has 1 amide bonds. The quantitative estimate of drug-likeness (QED) is 0.696. The summed E-state index contributed by atoms with van der Waals surface area (Å²) in [6.07, 6.45) is 0. The fourth-order valence-electron chi connectivity index (χ4n) is 1.38. The number of carbonyl (C=O) groups is 1. The third-order valence-electron chi connectivity index (χ3n) is 2.27. The maximum absolute atomic E-state index is 11.6. The largest absolute Gasteiger partial charge is 0.476 e. The van der Waals surface area contributed by atoms with Gasteiger partial charge in [-0.15, -0.1) is 0 Å². The second-order valence-electron chi connectivity index (χ2n) is 3.89. The minimum absolute atomic E-state index is 0.204. The summed E-state index contributed by atoms with van der Waals surface area (Å²) in [6.45, 7) is 3.40. The van der Waals surface area contributed by atoms with Gasteiger partial charge in [-0.05, 0) is 32.0 Å². The van der Waals surface area contributed by atoms with Crippen LogP contribution in [0.25, 0.3) is 0 Å². The van der Waals surface area contributed by atoms with Gasteiger partial charge in [0, 0.05) is 0 Å². The highest BCUT2D eigenvalue weighted by Gasteiger charge is 2.35. The summed E-state index contributed by atoms with van der Waals surface area (Å²) in [7, 11) is 0. The first-order chi connectivity index (χ1) is 7.03. The van der Waals surface area contributed by atoms with Crippen LogP contribution in [-0.2, 0) is 4.79 Å². The minimum Gasteiger partial charge on any atom is -0.476 e. The molecule has 1 aromatic rings. The lowest BCUT2D eigenvalue weighted by molar-refractivity contribution is -0.129. The van der Waals surface area contributed by atoms with E-state index in [1.165, 1.54) is 0 Å². The van der Waals surface area contributed by atoms with Gasteiger partial charge in [0.05, 0.1) is 17.3 Å². The molecule has 1 aromatic carbocycles. The van der Waals surface area contributed by atoms with Gasteiger partial charge in [0.2, 0.25) is 0 Å². The van der Waals surface area contributed by atoms with Gasteiger partial charge in [-0.3, -0.25) is 4.79 Å². The van der Waals surface area contributed by atoms with Crippen molar-refractivity contribution in [3.05, 3.63) is 23.8 Å². The highest BCUT2D eigenvalue weighted by molar-refractivity contribution is 6.00. The van der Waals surface area contributed by atoms with Crippen LogP contribution in [0.2, 0.25) is 0 Å². The van der Waals surface area contributed by atoms with Crippen LogP contribution < -0.4 is 10.1 Å². The number of fused-ring (bicyclic) bond motifs is 1. The Labute approximate surface area is 87.5 Å². The Morgan fingerprint density at radius 3 is 2.87 bits per heavy atom. The highest BCUT2D eigenvalue weighted by atomic mass is 16.5. The van der Waals surface area contributed by atoms with Crippen molar-refractivity contribution in [1.29, 1.82) is 5.26 Å². The third kappa shape index (κ3) is 1.52. The molecule has 0 aromatic heterocycles. The Bertz CT molecular complexity index is 472. The van der Waals surface area contributed by atoms with Gasteiger partial charge < -0.3 is 10.1 Å². The first kappa shape index (κ1) is 9.53. The SMILES string of the molecule is CC1(C)Oc2ccc(C#N)cc2NC1=O. The van der Waals surface area contributed by atoms with E-state index in [1.807, 2.05) is 6.07 Å². The van der Waals surface area contributed by atoms with Gasteiger partial charge in [-0.1, -0.05) is 0 Å². The van der Waals surface area contributed by atoms with Gasteiger partial charge >= 0.3 is 0 Å². The zero-order chi connectivity index (χ0) is 11.1. The first-order valence-electron chi connectivity index (χ1n) is 4.57. The van der Waals surface area contributed by atoms with Crippen LogP contribution in [0.15, 0.2) is 18.2 Å². The number of nitriles is 1. The molecule has 0 unspecified atom stereocenters. The van der Waals surface area contributed by atoms with E-state index in [4.69, 9.17) is 10.00 Å². The van der Waals surface area contributed by atoms with Gasteiger partial charge in [0.25, 0.3) is 5.91 Å². The molecule has 0 radical (unpaired) electrons. The fourth-order valence-corrected chi connectivity index (χ4v) is 1.38. The smallest absolute Gasteiger partial charge is 0.268 e. The second kappa shape index (κ2) is 2.99. The summed E-state index contributed by atoms with van der Waals surface area (Å²) in [6, 6.07) is 6.95. The molecular formula is C11H10N2O2. The molecule has 0 fully saturated rings. The molecule has 2 rings (SSSR count). The predicted octanol–water partition coefficient (Wildman–Crippen LogP) is 1.67. The predicted molar refractivity (Wildman–Crippen MR) is 54.5 cm³/mol. The van der Waals surface area contributed by atoms with Crippen molar-refractivity contribution < 1.29 is 9.53 Å². The molecule has 0 spiro atoms. The summed E-state index contributed by atoms with van der Waals surface area (Å²) >= 11 is 0. The number of rotatable bonds is 0. The number of anilines is 1. The van der Waals surface area contributed by atoms with Crippen LogP contribution in [0, 0.1) is 11.3 Å². The van der Waals surface area contributed by atoms with Crippen LogP contribution in [0.3, 0.4) is 0 Å². The highest BCUT2D eigenvalue weighted by Crippen LogP contribution is 2.33. The van der Waals surface area contributed by atoms with Gasteiger partial charge in [0.15, 0.2) is 5.60 Å². The lowest BCUT2D eigenvalue weighted by Crippen LogP contribution is -2.45. The number of hydrogen-bond donors (Lipinski definition) is 1. The van der Waals surface area contributed by atoms with Crippen molar-refractivity contribution >= 4 is 11.6 Å². The number of ether oxygens (including phenoxy) is 1. The third-order valence-corrected chi connectivity index (χ3v) is 2.27. The first-order valence-corrected chi connectivity index (χ1v) is 4.57. The standard InChI is InChI=1S/C11H10N2O2/c1-11(2)10(14)13-8-5-7(6-12)3-4-9(8)15-11/h3-5H,1-2H3,(H,13,14). The average Bonchev–Trinajstić information content (AvgIpc) is 2.19. The molecule has 0 aliphatic carbocycles. The molecular weight excluding hydrogens is 192 g/mol. The van der Waals surface area contributed by atoms with Crippen LogP contribution in [0.4, 0.5) is 5.69 Å².